The van der Waals surface area contributed by atoms with Crippen molar-refractivity contribution in [3.05, 3.63) is 42.4 Å². The molecule has 0 aromatic carbocycles. The first kappa shape index (κ1) is 24.0. The minimum atomic E-state index is -0.230. The highest BCUT2D eigenvalue weighted by Gasteiger charge is 2.50. The lowest BCUT2D eigenvalue weighted by molar-refractivity contribution is -0.195. The van der Waals surface area contributed by atoms with Crippen molar-refractivity contribution < 1.29 is 19.1 Å². The molecule has 2 amide bonds. The number of ether oxygens (including phenoxy) is 2. The summed E-state index contributed by atoms with van der Waals surface area (Å²) in [5.41, 5.74) is 3.36. The van der Waals surface area contributed by atoms with Crippen LogP contribution in [0.25, 0.3) is 28.3 Å². The Labute approximate surface area is 224 Å². The maximum Gasteiger partial charge on any atom is 0.257 e. The quantitative estimate of drug-likeness (QED) is 0.368. The molecule has 0 bridgehead atoms. The van der Waals surface area contributed by atoms with Crippen LogP contribution in [0.15, 0.2) is 36.8 Å². The van der Waals surface area contributed by atoms with Crippen LogP contribution in [0, 0.1) is 5.41 Å². The van der Waals surface area contributed by atoms with Crippen molar-refractivity contribution in [3.8, 4) is 22.6 Å². The summed E-state index contributed by atoms with van der Waals surface area (Å²) in [5.74, 6) is 1.24. The predicted octanol–water partition coefficient (Wildman–Crippen LogP) is 1.51. The van der Waals surface area contributed by atoms with E-state index >= 15 is 0 Å². The lowest BCUT2D eigenvalue weighted by atomic mass is 9.78. The summed E-state index contributed by atoms with van der Waals surface area (Å²) in [6.45, 7) is 3.22. The van der Waals surface area contributed by atoms with Gasteiger partial charge in [0.05, 0.1) is 42.7 Å². The smallest absolute Gasteiger partial charge is 0.257 e. The normalized spacial score (nSPS) is 21.4. The van der Waals surface area contributed by atoms with Gasteiger partial charge in [-0.3, -0.25) is 9.59 Å². The number of likely N-dealkylation sites (tertiary alicyclic amines) is 1. The molecular weight excluding hydrogens is 500 g/mol. The fraction of sp³-hybridized carbons (Fsp3) is 0.444. The third kappa shape index (κ3) is 3.85. The van der Waals surface area contributed by atoms with Gasteiger partial charge in [-0.15, -0.1) is 0 Å². The van der Waals surface area contributed by atoms with E-state index in [2.05, 4.69) is 20.7 Å². The SMILES string of the molecule is CNc1cc(-c2cnc3n(CC(=O)N4CC5(COC5)C4)cccc2-3)nc2c(C(=O)N[C@@H]3CC[C@H]3OC)cnn12. The van der Waals surface area contributed by atoms with E-state index in [1.807, 2.05) is 33.9 Å². The van der Waals surface area contributed by atoms with Gasteiger partial charge in [0.1, 0.15) is 23.8 Å². The summed E-state index contributed by atoms with van der Waals surface area (Å²) < 4.78 is 14.2. The van der Waals surface area contributed by atoms with Gasteiger partial charge >= 0.3 is 0 Å². The molecule has 1 spiro atoms. The molecule has 0 unspecified atom stereocenters. The van der Waals surface area contributed by atoms with Crippen LogP contribution >= 0.6 is 0 Å². The second kappa shape index (κ2) is 9.02. The van der Waals surface area contributed by atoms with E-state index in [0.717, 1.165) is 50.3 Å². The number of nitrogens with one attached hydrogen (secondary N) is 2. The van der Waals surface area contributed by atoms with Crippen LogP contribution in [0.4, 0.5) is 5.82 Å². The molecule has 2 N–H and O–H groups in total. The van der Waals surface area contributed by atoms with Crippen molar-refractivity contribution in [1.29, 1.82) is 0 Å². The maximum atomic E-state index is 13.2. The number of aromatic nitrogens is 5. The molecule has 2 saturated heterocycles. The third-order valence-corrected chi connectivity index (χ3v) is 8.25. The average molecular weight is 531 g/mol. The Morgan fingerprint density at radius 1 is 1.21 bits per heavy atom. The van der Waals surface area contributed by atoms with Crippen molar-refractivity contribution in [3.63, 3.8) is 0 Å². The van der Waals surface area contributed by atoms with E-state index in [1.165, 1.54) is 0 Å². The Hall–Kier alpha value is -4.03. The molecular formula is C27H30N8O4. The molecule has 2 atom stereocenters. The fourth-order valence-electron chi connectivity index (χ4n) is 5.78. The molecule has 7 rings (SSSR count). The van der Waals surface area contributed by atoms with Crippen molar-refractivity contribution in [2.75, 3.05) is 45.8 Å². The summed E-state index contributed by atoms with van der Waals surface area (Å²) >= 11 is 0. The minimum Gasteiger partial charge on any atom is -0.380 e. The standard InChI is InChI=1S/C27H30N8O4/c1-28-22-8-20(31-25-18(10-30-35(22)25)26(37)32-19-5-6-21(19)38-2)17-9-29-24-16(17)4-3-7-33(24)11-23(36)34-12-27(13-34)14-39-15-27/h3-4,7-10,19,21,28H,5-6,11-15H2,1-2H3,(H,32,37)/t19-,21-/m1/s1. The van der Waals surface area contributed by atoms with Crippen molar-refractivity contribution >= 4 is 23.3 Å². The van der Waals surface area contributed by atoms with Crippen LogP contribution < -0.4 is 10.6 Å². The zero-order chi connectivity index (χ0) is 26.7. The average Bonchev–Trinajstić information content (AvgIpc) is 3.50. The van der Waals surface area contributed by atoms with E-state index < -0.39 is 0 Å². The Balaban J connectivity index is 1.17. The number of fused-ring (bicyclic) bond motifs is 2. The molecule has 12 nitrogen and oxygen atoms in total. The van der Waals surface area contributed by atoms with Crippen LogP contribution in [-0.2, 0) is 20.8 Å². The highest BCUT2D eigenvalue weighted by Crippen LogP contribution is 2.38. The number of hydrogen-bond donors (Lipinski definition) is 2. The van der Waals surface area contributed by atoms with Crippen LogP contribution in [0.2, 0.25) is 0 Å². The topological polar surface area (TPSA) is 128 Å². The van der Waals surface area contributed by atoms with Gasteiger partial charge in [0.15, 0.2) is 5.65 Å². The number of rotatable bonds is 7. The van der Waals surface area contributed by atoms with Crippen molar-refractivity contribution in [2.45, 2.75) is 31.5 Å². The molecule has 202 valence electrons. The fourth-order valence-corrected chi connectivity index (χ4v) is 5.78. The first-order valence-electron chi connectivity index (χ1n) is 13.2. The summed E-state index contributed by atoms with van der Waals surface area (Å²) in [4.78, 5) is 37.5. The monoisotopic (exact) mass is 530 g/mol. The summed E-state index contributed by atoms with van der Waals surface area (Å²) in [7, 11) is 3.46. The Morgan fingerprint density at radius 3 is 2.74 bits per heavy atom. The maximum absolute atomic E-state index is 13.2. The molecule has 39 heavy (non-hydrogen) atoms. The van der Waals surface area contributed by atoms with Crippen LogP contribution in [-0.4, -0.2) is 93.5 Å². The first-order valence-corrected chi connectivity index (χ1v) is 13.2. The van der Waals surface area contributed by atoms with Gasteiger partial charge in [0.2, 0.25) is 5.91 Å². The van der Waals surface area contributed by atoms with Crippen molar-refractivity contribution in [2.24, 2.45) is 5.41 Å². The number of carbonyl (C=O) groups is 2. The largest absolute Gasteiger partial charge is 0.380 e. The number of anilines is 1. The molecule has 5 aliphatic rings. The van der Waals surface area contributed by atoms with Crippen molar-refractivity contribution in [1.82, 2.24) is 34.4 Å². The van der Waals surface area contributed by atoms with Gasteiger partial charge in [0.25, 0.3) is 5.91 Å². The number of hydrogen-bond acceptors (Lipinski definition) is 8. The lowest BCUT2D eigenvalue weighted by Gasteiger charge is -2.55. The second-order valence-electron chi connectivity index (χ2n) is 10.8. The van der Waals surface area contributed by atoms with Crippen LogP contribution in [0.5, 0.6) is 0 Å². The van der Waals surface area contributed by atoms with E-state index in [4.69, 9.17) is 14.5 Å². The minimum absolute atomic E-state index is 0.0189. The highest BCUT2D eigenvalue weighted by molar-refractivity contribution is 6.00. The first-order chi connectivity index (χ1) is 19.0. The molecule has 1 aliphatic carbocycles. The van der Waals surface area contributed by atoms with Gasteiger partial charge in [0, 0.05) is 56.8 Å². The highest BCUT2D eigenvalue weighted by atomic mass is 16.5. The number of amides is 2. The molecule has 2 aromatic heterocycles. The third-order valence-electron chi connectivity index (χ3n) is 8.25. The van der Waals surface area contributed by atoms with Gasteiger partial charge in [-0.2, -0.15) is 9.61 Å². The van der Waals surface area contributed by atoms with E-state index in [9.17, 15) is 9.59 Å². The Morgan fingerprint density at radius 2 is 2.05 bits per heavy atom. The summed E-state index contributed by atoms with van der Waals surface area (Å²) in [5, 5.41) is 10.6. The van der Waals surface area contributed by atoms with Crippen LogP contribution in [0.1, 0.15) is 23.2 Å². The second-order valence-corrected chi connectivity index (χ2v) is 10.8. The molecule has 4 aliphatic heterocycles. The zero-order valence-corrected chi connectivity index (χ0v) is 21.9. The number of methoxy groups -OCH3 is 1. The van der Waals surface area contributed by atoms with Gasteiger partial charge in [-0.1, -0.05) is 0 Å². The van der Waals surface area contributed by atoms with E-state index in [1.54, 1.807) is 31.1 Å². The van der Waals surface area contributed by atoms with Gasteiger partial charge in [-0.25, -0.2) is 9.97 Å². The van der Waals surface area contributed by atoms with E-state index in [0.29, 0.717) is 28.5 Å². The van der Waals surface area contributed by atoms with Gasteiger partial charge in [-0.05, 0) is 25.0 Å². The van der Waals surface area contributed by atoms with Crippen LogP contribution in [0.3, 0.4) is 0 Å². The number of nitrogens with zero attached hydrogens (tertiary/aromatic N) is 6. The Bertz CT molecular complexity index is 1550. The predicted molar refractivity (Wildman–Crippen MR) is 141 cm³/mol. The summed E-state index contributed by atoms with van der Waals surface area (Å²) in [6.07, 6.45) is 7.02. The molecule has 6 heterocycles. The lowest BCUT2D eigenvalue weighted by Crippen LogP contribution is -2.67. The number of carbonyl (C=O) groups excluding carboxylic acids is 2. The Kier molecular flexibility index (Phi) is 5.56. The zero-order valence-electron chi connectivity index (χ0n) is 21.9. The molecule has 2 aromatic rings. The summed E-state index contributed by atoms with van der Waals surface area (Å²) in [6, 6.07) is 5.75. The number of pyridine rings is 1. The molecule has 12 heteroatoms. The van der Waals surface area contributed by atoms with Gasteiger partial charge < -0.3 is 29.6 Å². The van der Waals surface area contributed by atoms with E-state index in [-0.39, 0.29) is 35.9 Å². The molecule has 1 saturated carbocycles. The molecule has 3 fully saturated rings. The molecule has 0 radical (unpaired) electrons.